The van der Waals surface area contributed by atoms with Gasteiger partial charge in [0.2, 0.25) is 11.0 Å². The van der Waals surface area contributed by atoms with Gasteiger partial charge in [-0.25, -0.2) is 0 Å². The first-order valence-electron chi connectivity index (χ1n) is 7.79. The van der Waals surface area contributed by atoms with Gasteiger partial charge in [-0.1, -0.05) is 42.4 Å². The van der Waals surface area contributed by atoms with Crippen LogP contribution in [0.1, 0.15) is 44.9 Å². The number of aromatic nitrogens is 2. The van der Waals surface area contributed by atoms with Crippen molar-refractivity contribution < 1.29 is 4.79 Å². The van der Waals surface area contributed by atoms with Crippen LogP contribution in [0.2, 0.25) is 0 Å². The Labute approximate surface area is 133 Å². The van der Waals surface area contributed by atoms with Crippen molar-refractivity contribution in [1.29, 1.82) is 0 Å². The van der Waals surface area contributed by atoms with E-state index in [4.69, 9.17) is 0 Å². The van der Waals surface area contributed by atoms with Crippen LogP contribution in [0, 0.1) is 5.92 Å². The van der Waals surface area contributed by atoms with E-state index in [9.17, 15) is 4.79 Å². The zero-order chi connectivity index (χ0) is 14.5. The summed E-state index contributed by atoms with van der Waals surface area (Å²) in [6.45, 7) is 0.837. The Balaban J connectivity index is 1.33. The minimum Gasteiger partial charge on any atom is -0.357 e. The summed E-state index contributed by atoms with van der Waals surface area (Å²) < 4.78 is 0.867. The van der Waals surface area contributed by atoms with E-state index < -0.39 is 0 Å². The normalized spacial score (nSPS) is 19.4. The highest BCUT2D eigenvalue weighted by Crippen LogP contribution is 2.30. The maximum absolute atomic E-state index is 11.9. The van der Waals surface area contributed by atoms with E-state index >= 15 is 0 Å². The molecule has 2 aliphatic rings. The SMILES string of the molecule is O=C(CSc1nnc(NC2CC2)s1)NCC1CCCCC1. The molecule has 0 aliphatic heterocycles. The number of amides is 1. The van der Waals surface area contributed by atoms with E-state index in [1.54, 1.807) is 0 Å². The molecule has 7 heteroatoms. The van der Waals surface area contributed by atoms with Crippen molar-refractivity contribution in [3.63, 3.8) is 0 Å². The maximum atomic E-state index is 11.9. The Hall–Kier alpha value is -0.820. The van der Waals surface area contributed by atoms with Gasteiger partial charge in [-0.05, 0) is 31.6 Å². The molecule has 3 rings (SSSR count). The molecule has 0 atom stereocenters. The molecule has 1 aromatic heterocycles. The first-order valence-corrected chi connectivity index (χ1v) is 9.59. The number of nitrogens with one attached hydrogen (secondary N) is 2. The molecule has 0 saturated heterocycles. The summed E-state index contributed by atoms with van der Waals surface area (Å²) in [5.74, 6) is 1.23. The molecule has 0 aromatic carbocycles. The molecule has 2 aliphatic carbocycles. The molecule has 116 valence electrons. The summed E-state index contributed by atoms with van der Waals surface area (Å²) in [6.07, 6.45) is 8.97. The van der Waals surface area contributed by atoms with Gasteiger partial charge in [0.05, 0.1) is 5.75 Å². The second kappa shape index (κ2) is 7.45. The fraction of sp³-hybridized carbons (Fsp3) is 0.786. The summed E-state index contributed by atoms with van der Waals surface area (Å²) in [6, 6.07) is 0.592. The summed E-state index contributed by atoms with van der Waals surface area (Å²) in [5.41, 5.74) is 0. The second-order valence-corrected chi connectivity index (χ2v) is 8.09. The van der Waals surface area contributed by atoms with E-state index in [-0.39, 0.29) is 5.91 Å². The van der Waals surface area contributed by atoms with E-state index in [2.05, 4.69) is 20.8 Å². The van der Waals surface area contributed by atoms with Gasteiger partial charge in [-0.2, -0.15) is 0 Å². The number of nitrogens with zero attached hydrogens (tertiary/aromatic N) is 2. The number of carbonyl (C=O) groups excluding carboxylic acids is 1. The van der Waals surface area contributed by atoms with Gasteiger partial charge in [0, 0.05) is 12.6 Å². The van der Waals surface area contributed by atoms with Crippen LogP contribution < -0.4 is 10.6 Å². The van der Waals surface area contributed by atoms with Gasteiger partial charge in [0.15, 0.2) is 4.34 Å². The van der Waals surface area contributed by atoms with Crippen molar-refractivity contribution in [3.8, 4) is 0 Å². The summed E-state index contributed by atoms with van der Waals surface area (Å²) in [7, 11) is 0. The van der Waals surface area contributed by atoms with Crippen molar-refractivity contribution in [1.82, 2.24) is 15.5 Å². The lowest BCUT2D eigenvalue weighted by Crippen LogP contribution is -2.31. The molecule has 0 bridgehead atoms. The van der Waals surface area contributed by atoms with Crippen molar-refractivity contribution in [2.45, 2.75) is 55.3 Å². The Morgan fingerprint density at radius 1 is 1.19 bits per heavy atom. The lowest BCUT2D eigenvalue weighted by Gasteiger charge is -2.21. The molecule has 2 N–H and O–H groups in total. The van der Waals surface area contributed by atoms with Crippen LogP contribution >= 0.6 is 23.1 Å². The van der Waals surface area contributed by atoms with Crippen LogP contribution in [-0.4, -0.2) is 34.4 Å². The van der Waals surface area contributed by atoms with Crippen molar-refractivity contribution in [3.05, 3.63) is 0 Å². The van der Waals surface area contributed by atoms with Crippen LogP contribution in [0.3, 0.4) is 0 Å². The number of anilines is 1. The number of carbonyl (C=O) groups is 1. The Kier molecular flexibility index (Phi) is 5.35. The van der Waals surface area contributed by atoms with Gasteiger partial charge in [0.1, 0.15) is 0 Å². The average molecular weight is 326 g/mol. The zero-order valence-corrected chi connectivity index (χ0v) is 13.8. The summed E-state index contributed by atoms with van der Waals surface area (Å²) in [4.78, 5) is 11.9. The van der Waals surface area contributed by atoms with Gasteiger partial charge in [-0.15, -0.1) is 10.2 Å². The molecule has 0 radical (unpaired) electrons. The molecule has 1 amide bonds. The molecule has 21 heavy (non-hydrogen) atoms. The first-order chi connectivity index (χ1) is 10.3. The molecule has 2 saturated carbocycles. The van der Waals surface area contributed by atoms with Crippen LogP contribution in [0.5, 0.6) is 0 Å². The highest BCUT2D eigenvalue weighted by atomic mass is 32.2. The van der Waals surface area contributed by atoms with Crippen molar-refractivity contribution in [2.75, 3.05) is 17.6 Å². The van der Waals surface area contributed by atoms with E-state index in [0.29, 0.717) is 17.7 Å². The average Bonchev–Trinajstić information content (AvgIpc) is 3.21. The largest absolute Gasteiger partial charge is 0.357 e. The van der Waals surface area contributed by atoms with E-state index in [1.807, 2.05) is 0 Å². The van der Waals surface area contributed by atoms with Crippen LogP contribution in [0.25, 0.3) is 0 Å². The first kappa shape index (κ1) is 15.1. The number of hydrogen-bond donors (Lipinski definition) is 2. The quantitative estimate of drug-likeness (QED) is 0.754. The standard InChI is InChI=1S/C14H22N4OS2/c19-12(15-8-10-4-2-1-3-5-10)9-20-14-18-17-13(21-14)16-11-6-7-11/h10-11H,1-9H2,(H,15,19)(H,16,17). The van der Waals surface area contributed by atoms with E-state index in [1.165, 1.54) is 68.0 Å². The predicted octanol–water partition coefficient (Wildman–Crippen LogP) is 2.90. The molecular weight excluding hydrogens is 304 g/mol. The minimum absolute atomic E-state index is 0.109. The van der Waals surface area contributed by atoms with Gasteiger partial charge < -0.3 is 10.6 Å². The Morgan fingerprint density at radius 3 is 2.76 bits per heavy atom. The highest BCUT2D eigenvalue weighted by molar-refractivity contribution is 8.01. The summed E-state index contributed by atoms with van der Waals surface area (Å²) >= 11 is 3.02. The molecule has 1 heterocycles. The molecule has 1 aromatic rings. The van der Waals surface area contributed by atoms with Crippen LogP contribution in [-0.2, 0) is 4.79 Å². The summed E-state index contributed by atoms with van der Waals surface area (Å²) in [5, 5.41) is 15.5. The van der Waals surface area contributed by atoms with Gasteiger partial charge in [0.25, 0.3) is 0 Å². The molecular formula is C14H22N4OS2. The molecule has 0 unspecified atom stereocenters. The van der Waals surface area contributed by atoms with E-state index in [0.717, 1.165) is 16.0 Å². The number of hydrogen-bond acceptors (Lipinski definition) is 6. The number of rotatable bonds is 7. The minimum atomic E-state index is 0.109. The third-order valence-electron chi connectivity index (χ3n) is 3.95. The highest BCUT2D eigenvalue weighted by Gasteiger charge is 2.22. The predicted molar refractivity (Wildman–Crippen MR) is 86.9 cm³/mol. The van der Waals surface area contributed by atoms with Crippen LogP contribution in [0.4, 0.5) is 5.13 Å². The third-order valence-corrected chi connectivity index (χ3v) is 5.94. The second-order valence-electron chi connectivity index (χ2n) is 5.89. The fourth-order valence-corrected chi connectivity index (χ4v) is 4.22. The van der Waals surface area contributed by atoms with Crippen molar-refractivity contribution in [2.24, 2.45) is 5.92 Å². The molecule has 5 nitrogen and oxygen atoms in total. The Morgan fingerprint density at radius 2 is 2.00 bits per heavy atom. The maximum Gasteiger partial charge on any atom is 0.230 e. The van der Waals surface area contributed by atoms with Crippen LogP contribution in [0.15, 0.2) is 4.34 Å². The Bertz CT molecular complexity index is 469. The lowest BCUT2D eigenvalue weighted by molar-refractivity contribution is -0.118. The molecule has 0 spiro atoms. The third kappa shape index (κ3) is 5.14. The van der Waals surface area contributed by atoms with Gasteiger partial charge >= 0.3 is 0 Å². The van der Waals surface area contributed by atoms with Gasteiger partial charge in [-0.3, -0.25) is 4.79 Å². The zero-order valence-electron chi connectivity index (χ0n) is 12.1. The van der Waals surface area contributed by atoms with Crippen molar-refractivity contribution >= 4 is 34.1 Å². The lowest BCUT2D eigenvalue weighted by atomic mass is 9.89. The number of thioether (sulfide) groups is 1. The monoisotopic (exact) mass is 326 g/mol. The molecule has 2 fully saturated rings. The smallest absolute Gasteiger partial charge is 0.230 e. The fourth-order valence-electron chi connectivity index (χ4n) is 2.56. The topological polar surface area (TPSA) is 66.9 Å².